The van der Waals surface area contributed by atoms with Gasteiger partial charge in [0.15, 0.2) is 0 Å². The minimum absolute atomic E-state index is 0.109. The van der Waals surface area contributed by atoms with Crippen LogP contribution in [-0.4, -0.2) is 17.8 Å². The maximum Gasteiger partial charge on any atom is 0.0611 e. The fourth-order valence-electron chi connectivity index (χ4n) is 3.29. The van der Waals surface area contributed by atoms with Crippen LogP contribution in [0, 0.1) is 11.3 Å². The fraction of sp³-hybridized carbons (Fsp3) is 1.00. The first-order valence-electron chi connectivity index (χ1n) is 6.65. The molecule has 1 unspecified atom stereocenters. The molecule has 2 heteroatoms. The Morgan fingerprint density at radius 3 is 2.27 bits per heavy atom. The standard InChI is InChI=1S/C13H25NO/c14-10-13(7-4-8-13)12(15)9-11-5-2-1-3-6-11/h11-12,15H,1-10,14H2. The van der Waals surface area contributed by atoms with Crippen molar-refractivity contribution in [3.8, 4) is 0 Å². The normalized spacial score (nSPS) is 28.4. The first-order chi connectivity index (χ1) is 7.27. The van der Waals surface area contributed by atoms with Crippen molar-refractivity contribution in [1.82, 2.24) is 0 Å². The second kappa shape index (κ2) is 4.84. The van der Waals surface area contributed by atoms with E-state index in [1.807, 2.05) is 0 Å². The summed E-state index contributed by atoms with van der Waals surface area (Å²) in [4.78, 5) is 0. The van der Waals surface area contributed by atoms with Crippen molar-refractivity contribution < 1.29 is 5.11 Å². The van der Waals surface area contributed by atoms with Crippen LogP contribution in [0.25, 0.3) is 0 Å². The Morgan fingerprint density at radius 1 is 1.13 bits per heavy atom. The van der Waals surface area contributed by atoms with Gasteiger partial charge in [0.1, 0.15) is 0 Å². The van der Waals surface area contributed by atoms with Crippen molar-refractivity contribution in [2.45, 2.75) is 63.9 Å². The maximum absolute atomic E-state index is 10.3. The van der Waals surface area contributed by atoms with Crippen LogP contribution < -0.4 is 5.73 Å². The maximum atomic E-state index is 10.3. The number of hydrogen-bond acceptors (Lipinski definition) is 2. The molecule has 1 atom stereocenters. The zero-order valence-electron chi connectivity index (χ0n) is 9.75. The molecular weight excluding hydrogens is 186 g/mol. The van der Waals surface area contributed by atoms with E-state index in [0.29, 0.717) is 6.54 Å². The fourth-order valence-corrected chi connectivity index (χ4v) is 3.29. The number of aliphatic hydroxyl groups is 1. The van der Waals surface area contributed by atoms with Crippen LogP contribution in [0.1, 0.15) is 57.8 Å². The number of rotatable bonds is 4. The lowest BCUT2D eigenvalue weighted by molar-refractivity contribution is -0.0432. The van der Waals surface area contributed by atoms with E-state index in [0.717, 1.165) is 25.2 Å². The van der Waals surface area contributed by atoms with Crippen molar-refractivity contribution in [3.05, 3.63) is 0 Å². The van der Waals surface area contributed by atoms with Crippen molar-refractivity contribution in [1.29, 1.82) is 0 Å². The molecule has 3 N–H and O–H groups in total. The van der Waals surface area contributed by atoms with Gasteiger partial charge in [-0.1, -0.05) is 38.5 Å². The summed E-state index contributed by atoms with van der Waals surface area (Å²) >= 11 is 0. The van der Waals surface area contributed by atoms with Gasteiger partial charge in [-0.05, 0) is 25.2 Å². The van der Waals surface area contributed by atoms with E-state index in [-0.39, 0.29) is 11.5 Å². The van der Waals surface area contributed by atoms with Crippen LogP contribution in [0.3, 0.4) is 0 Å². The Bertz CT molecular complexity index is 189. The van der Waals surface area contributed by atoms with Gasteiger partial charge in [0, 0.05) is 12.0 Å². The Morgan fingerprint density at radius 2 is 1.80 bits per heavy atom. The zero-order valence-corrected chi connectivity index (χ0v) is 9.75. The molecule has 0 bridgehead atoms. The Labute approximate surface area is 93.2 Å². The van der Waals surface area contributed by atoms with Crippen LogP contribution in [-0.2, 0) is 0 Å². The minimum Gasteiger partial charge on any atom is -0.392 e. The predicted octanol–water partition coefficient (Wildman–Crippen LogP) is 2.45. The molecule has 2 aliphatic carbocycles. The lowest BCUT2D eigenvalue weighted by Gasteiger charge is -2.46. The average Bonchev–Trinajstić information content (AvgIpc) is 2.18. The third-order valence-corrected chi connectivity index (χ3v) is 4.74. The molecule has 2 rings (SSSR count). The van der Waals surface area contributed by atoms with Gasteiger partial charge in [0.05, 0.1) is 6.10 Å². The van der Waals surface area contributed by atoms with Crippen LogP contribution in [0.4, 0.5) is 0 Å². The molecule has 0 spiro atoms. The second-order valence-electron chi connectivity index (χ2n) is 5.68. The third-order valence-electron chi connectivity index (χ3n) is 4.74. The predicted molar refractivity (Wildman–Crippen MR) is 62.5 cm³/mol. The molecule has 0 radical (unpaired) electrons. The lowest BCUT2D eigenvalue weighted by atomic mass is 9.63. The van der Waals surface area contributed by atoms with Gasteiger partial charge in [-0.3, -0.25) is 0 Å². The van der Waals surface area contributed by atoms with E-state index in [2.05, 4.69) is 0 Å². The topological polar surface area (TPSA) is 46.2 Å². The largest absolute Gasteiger partial charge is 0.392 e. The average molecular weight is 211 g/mol. The molecule has 2 aliphatic rings. The molecule has 0 aliphatic heterocycles. The van der Waals surface area contributed by atoms with Crippen LogP contribution >= 0.6 is 0 Å². The van der Waals surface area contributed by atoms with Crippen molar-refractivity contribution in [2.75, 3.05) is 6.54 Å². The summed E-state index contributed by atoms with van der Waals surface area (Å²) in [6, 6.07) is 0. The molecule has 2 nitrogen and oxygen atoms in total. The van der Waals surface area contributed by atoms with Gasteiger partial charge in [-0.2, -0.15) is 0 Å². The molecule has 0 amide bonds. The van der Waals surface area contributed by atoms with Gasteiger partial charge in [0.25, 0.3) is 0 Å². The van der Waals surface area contributed by atoms with E-state index < -0.39 is 0 Å². The minimum atomic E-state index is -0.126. The smallest absolute Gasteiger partial charge is 0.0611 e. The third kappa shape index (κ3) is 2.36. The Kier molecular flexibility index (Phi) is 3.68. The van der Waals surface area contributed by atoms with Crippen LogP contribution in [0.15, 0.2) is 0 Å². The molecule has 0 aromatic rings. The Hall–Kier alpha value is -0.0800. The summed E-state index contributed by atoms with van der Waals surface area (Å²) < 4.78 is 0. The van der Waals surface area contributed by atoms with Crippen molar-refractivity contribution >= 4 is 0 Å². The second-order valence-corrected chi connectivity index (χ2v) is 5.68. The summed E-state index contributed by atoms with van der Waals surface area (Å²) in [6.45, 7) is 0.681. The first-order valence-corrected chi connectivity index (χ1v) is 6.65. The van der Waals surface area contributed by atoms with Gasteiger partial charge in [-0.25, -0.2) is 0 Å². The summed E-state index contributed by atoms with van der Waals surface area (Å²) in [6.07, 6.45) is 11.2. The molecule has 0 heterocycles. The van der Waals surface area contributed by atoms with Crippen LogP contribution in [0.5, 0.6) is 0 Å². The molecule has 2 saturated carbocycles. The molecule has 88 valence electrons. The quantitative estimate of drug-likeness (QED) is 0.750. The van der Waals surface area contributed by atoms with E-state index >= 15 is 0 Å². The molecule has 0 aromatic heterocycles. The highest BCUT2D eigenvalue weighted by Gasteiger charge is 2.42. The molecule has 2 fully saturated rings. The monoisotopic (exact) mass is 211 g/mol. The van der Waals surface area contributed by atoms with Gasteiger partial charge < -0.3 is 10.8 Å². The van der Waals surface area contributed by atoms with Gasteiger partial charge >= 0.3 is 0 Å². The molecule has 15 heavy (non-hydrogen) atoms. The first kappa shape index (κ1) is 11.4. The number of aliphatic hydroxyl groups excluding tert-OH is 1. The molecule has 0 aromatic carbocycles. The van der Waals surface area contributed by atoms with Crippen molar-refractivity contribution in [3.63, 3.8) is 0 Å². The molecular formula is C13H25NO. The zero-order chi connectivity index (χ0) is 10.7. The van der Waals surface area contributed by atoms with E-state index in [9.17, 15) is 5.11 Å². The summed E-state index contributed by atoms with van der Waals surface area (Å²) in [5, 5.41) is 10.3. The van der Waals surface area contributed by atoms with Gasteiger partial charge in [-0.15, -0.1) is 0 Å². The highest BCUT2D eigenvalue weighted by molar-refractivity contribution is 4.95. The van der Waals surface area contributed by atoms with Crippen molar-refractivity contribution in [2.24, 2.45) is 17.1 Å². The Balaban J connectivity index is 1.82. The summed E-state index contributed by atoms with van der Waals surface area (Å²) in [5.41, 5.74) is 5.92. The number of hydrogen-bond donors (Lipinski definition) is 2. The van der Waals surface area contributed by atoms with E-state index in [1.165, 1.54) is 38.5 Å². The summed E-state index contributed by atoms with van der Waals surface area (Å²) in [5.74, 6) is 0.776. The highest BCUT2D eigenvalue weighted by atomic mass is 16.3. The van der Waals surface area contributed by atoms with E-state index in [1.54, 1.807) is 0 Å². The molecule has 0 saturated heterocycles. The summed E-state index contributed by atoms with van der Waals surface area (Å²) in [7, 11) is 0. The number of nitrogens with two attached hydrogens (primary N) is 1. The highest BCUT2D eigenvalue weighted by Crippen LogP contribution is 2.45. The van der Waals surface area contributed by atoms with Crippen LogP contribution in [0.2, 0.25) is 0 Å². The SMILES string of the molecule is NCC1(C(O)CC2CCCCC2)CCC1. The van der Waals surface area contributed by atoms with E-state index in [4.69, 9.17) is 5.73 Å². The lowest BCUT2D eigenvalue weighted by Crippen LogP contribution is -2.47. The van der Waals surface area contributed by atoms with Gasteiger partial charge in [0.2, 0.25) is 0 Å².